The van der Waals surface area contributed by atoms with Crippen LogP contribution in [0, 0.1) is 5.82 Å². The van der Waals surface area contributed by atoms with E-state index in [1.54, 1.807) is 12.1 Å². The molecule has 8 heteroatoms. The van der Waals surface area contributed by atoms with Gasteiger partial charge in [0, 0.05) is 25.8 Å². The maximum absolute atomic E-state index is 14.0. The van der Waals surface area contributed by atoms with Crippen LogP contribution in [-0.4, -0.2) is 41.1 Å². The molecule has 3 rings (SSSR count). The van der Waals surface area contributed by atoms with Crippen molar-refractivity contribution in [3.8, 4) is 0 Å². The number of hydrogen-bond acceptors (Lipinski definition) is 4. The summed E-state index contributed by atoms with van der Waals surface area (Å²) < 4.78 is 45.8. The van der Waals surface area contributed by atoms with Gasteiger partial charge in [-0.1, -0.05) is 18.2 Å². The van der Waals surface area contributed by atoms with E-state index in [2.05, 4.69) is 5.32 Å². The Morgan fingerprint density at radius 3 is 2.77 bits per heavy atom. The molecule has 2 aromatic rings. The number of rotatable bonds is 6. The average molecular weight is 378 g/mol. The van der Waals surface area contributed by atoms with E-state index < -0.39 is 15.8 Å². The number of fused-ring (bicyclic) bond motifs is 1. The second-order valence-electron chi connectivity index (χ2n) is 5.85. The van der Waals surface area contributed by atoms with E-state index in [1.807, 2.05) is 0 Å². The van der Waals surface area contributed by atoms with E-state index in [1.165, 1.54) is 31.4 Å². The summed E-state index contributed by atoms with van der Waals surface area (Å²) in [6, 6.07) is 10.2. The first kappa shape index (κ1) is 18.3. The summed E-state index contributed by atoms with van der Waals surface area (Å²) in [6.07, 6.45) is 0.509. The van der Waals surface area contributed by atoms with Crippen molar-refractivity contribution >= 4 is 21.6 Å². The van der Waals surface area contributed by atoms with Gasteiger partial charge in [0.25, 0.3) is 15.9 Å². The fraction of sp³-hybridized carbons (Fsp3) is 0.278. The molecule has 0 bridgehead atoms. The molecule has 0 aromatic heterocycles. The molecule has 0 unspecified atom stereocenters. The van der Waals surface area contributed by atoms with Crippen LogP contribution < -0.4 is 9.62 Å². The Morgan fingerprint density at radius 2 is 2.04 bits per heavy atom. The van der Waals surface area contributed by atoms with Crippen LogP contribution in [0.25, 0.3) is 0 Å². The van der Waals surface area contributed by atoms with Crippen molar-refractivity contribution in [1.82, 2.24) is 5.32 Å². The topological polar surface area (TPSA) is 75.7 Å². The Morgan fingerprint density at radius 1 is 1.27 bits per heavy atom. The fourth-order valence-corrected chi connectivity index (χ4v) is 4.45. The lowest BCUT2D eigenvalue weighted by molar-refractivity contribution is 0.0937. The predicted molar refractivity (Wildman–Crippen MR) is 95.3 cm³/mol. The van der Waals surface area contributed by atoms with Gasteiger partial charge in [-0.25, -0.2) is 12.8 Å². The van der Waals surface area contributed by atoms with E-state index in [4.69, 9.17) is 4.74 Å². The summed E-state index contributed by atoms with van der Waals surface area (Å²) in [7, 11) is -2.50. The zero-order valence-corrected chi connectivity index (χ0v) is 15.1. The van der Waals surface area contributed by atoms with Crippen molar-refractivity contribution in [2.24, 2.45) is 0 Å². The van der Waals surface area contributed by atoms with Crippen molar-refractivity contribution in [1.29, 1.82) is 0 Å². The second kappa shape index (κ2) is 7.43. The third kappa shape index (κ3) is 3.42. The number of sulfonamides is 1. The van der Waals surface area contributed by atoms with Crippen LogP contribution in [0.1, 0.15) is 15.9 Å². The number of nitrogens with one attached hydrogen (secondary N) is 1. The number of hydrogen-bond donors (Lipinski definition) is 1. The number of halogens is 1. The first-order valence-electron chi connectivity index (χ1n) is 8.12. The molecule has 1 N–H and O–H groups in total. The van der Waals surface area contributed by atoms with Crippen LogP contribution in [-0.2, 0) is 21.2 Å². The Bertz CT molecular complexity index is 931. The number of carbonyl (C=O) groups excluding carboxylic acids is 1. The van der Waals surface area contributed by atoms with Gasteiger partial charge in [0.2, 0.25) is 0 Å². The van der Waals surface area contributed by atoms with Crippen LogP contribution in [0.3, 0.4) is 0 Å². The molecule has 1 aliphatic heterocycles. The number of ether oxygens (including phenoxy) is 1. The third-order valence-corrected chi connectivity index (χ3v) is 6.04. The average Bonchev–Trinajstić information content (AvgIpc) is 3.06. The van der Waals surface area contributed by atoms with Crippen molar-refractivity contribution in [2.45, 2.75) is 11.3 Å². The van der Waals surface area contributed by atoms with Crippen molar-refractivity contribution in [2.75, 3.05) is 31.1 Å². The van der Waals surface area contributed by atoms with Gasteiger partial charge in [-0.3, -0.25) is 9.10 Å². The van der Waals surface area contributed by atoms with Gasteiger partial charge < -0.3 is 10.1 Å². The lowest BCUT2D eigenvalue weighted by atomic mass is 10.1. The Labute approximate surface area is 151 Å². The van der Waals surface area contributed by atoms with Crippen LogP contribution in [0.2, 0.25) is 0 Å². The Hall–Kier alpha value is -2.45. The first-order chi connectivity index (χ1) is 12.4. The highest BCUT2D eigenvalue weighted by molar-refractivity contribution is 7.92. The summed E-state index contributed by atoms with van der Waals surface area (Å²) in [5, 5.41) is 2.69. The first-order valence-corrected chi connectivity index (χ1v) is 9.56. The van der Waals surface area contributed by atoms with Crippen molar-refractivity contribution in [3.05, 3.63) is 59.4 Å². The molecule has 0 aliphatic carbocycles. The Balaban J connectivity index is 1.92. The molecule has 1 aliphatic rings. The second-order valence-corrected chi connectivity index (χ2v) is 7.68. The summed E-state index contributed by atoms with van der Waals surface area (Å²) in [4.78, 5) is 11.8. The molecule has 0 atom stereocenters. The zero-order chi connectivity index (χ0) is 18.7. The van der Waals surface area contributed by atoms with Gasteiger partial charge in [0.15, 0.2) is 0 Å². The minimum atomic E-state index is -4.04. The van der Waals surface area contributed by atoms with Gasteiger partial charge in [-0.05, 0) is 36.2 Å². The van der Waals surface area contributed by atoms with Crippen LogP contribution >= 0.6 is 0 Å². The summed E-state index contributed by atoms with van der Waals surface area (Å²) in [6.45, 7) is 0.939. The third-order valence-electron chi connectivity index (χ3n) is 4.20. The molecule has 138 valence electrons. The number of carbonyl (C=O) groups is 1. The predicted octanol–water partition coefficient (Wildman–Crippen LogP) is 1.95. The maximum atomic E-state index is 14.0. The smallest absolute Gasteiger partial charge is 0.267 e. The highest BCUT2D eigenvalue weighted by Gasteiger charge is 2.33. The minimum Gasteiger partial charge on any atom is -0.383 e. The molecule has 6 nitrogen and oxygen atoms in total. The van der Waals surface area contributed by atoms with Gasteiger partial charge in [-0.2, -0.15) is 0 Å². The fourth-order valence-electron chi connectivity index (χ4n) is 2.88. The van der Waals surface area contributed by atoms with E-state index >= 15 is 0 Å². The molecule has 0 saturated heterocycles. The molecular formula is C18H19FN2O4S. The molecule has 0 spiro atoms. The van der Waals surface area contributed by atoms with Crippen LogP contribution in [0.15, 0.2) is 47.4 Å². The van der Waals surface area contributed by atoms with E-state index in [0.29, 0.717) is 30.8 Å². The minimum absolute atomic E-state index is 0.209. The van der Waals surface area contributed by atoms with Crippen LogP contribution in [0.5, 0.6) is 0 Å². The lowest BCUT2D eigenvalue weighted by Gasteiger charge is -2.20. The largest absolute Gasteiger partial charge is 0.383 e. The van der Waals surface area contributed by atoms with Gasteiger partial charge in [0.1, 0.15) is 10.7 Å². The summed E-state index contributed by atoms with van der Waals surface area (Å²) in [5.41, 5.74) is 1.56. The standard InChI is InChI=1S/C18H19FN2O4S/c1-25-11-9-20-18(22)14-7-6-13-8-10-21(16(13)12-14)26(23,24)17-5-3-2-4-15(17)19/h2-7,12H,8-11H2,1H3,(H,20,22). The van der Waals surface area contributed by atoms with E-state index in [9.17, 15) is 17.6 Å². The maximum Gasteiger partial charge on any atom is 0.267 e. The highest BCUT2D eigenvalue weighted by atomic mass is 32.2. The number of amides is 1. The molecule has 0 fully saturated rings. The van der Waals surface area contributed by atoms with Gasteiger partial charge >= 0.3 is 0 Å². The SMILES string of the molecule is COCCNC(=O)c1ccc2c(c1)N(S(=O)(=O)c1ccccc1F)CC2. The monoisotopic (exact) mass is 378 g/mol. The van der Waals surface area contributed by atoms with Crippen molar-refractivity contribution in [3.63, 3.8) is 0 Å². The molecule has 1 amide bonds. The summed E-state index contributed by atoms with van der Waals surface area (Å²) >= 11 is 0. The Kier molecular flexibility index (Phi) is 5.24. The van der Waals surface area contributed by atoms with Crippen LogP contribution in [0.4, 0.5) is 10.1 Å². The highest BCUT2D eigenvalue weighted by Crippen LogP contribution is 2.34. The molecule has 26 heavy (non-hydrogen) atoms. The molecule has 0 saturated carbocycles. The quantitative estimate of drug-likeness (QED) is 0.780. The number of benzene rings is 2. The molecule has 1 heterocycles. The normalized spacial score (nSPS) is 13.5. The lowest BCUT2D eigenvalue weighted by Crippen LogP contribution is -2.30. The van der Waals surface area contributed by atoms with Gasteiger partial charge in [0.05, 0.1) is 12.3 Å². The number of methoxy groups -OCH3 is 1. The summed E-state index contributed by atoms with van der Waals surface area (Å²) in [5.74, 6) is -1.12. The van der Waals surface area contributed by atoms with E-state index in [-0.39, 0.29) is 17.3 Å². The zero-order valence-electron chi connectivity index (χ0n) is 14.2. The molecule has 0 radical (unpaired) electrons. The van der Waals surface area contributed by atoms with Gasteiger partial charge in [-0.15, -0.1) is 0 Å². The number of anilines is 1. The molecular weight excluding hydrogens is 359 g/mol. The van der Waals surface area contributed by atoms with E-state index in [0.717, 1.165) is 15.9 Å². The number of nitrogens with zero attached hydrogens (tertiary/aromatic N) is 1. The molecule has 2 aromatic carbocycles. The van der Waals surface area contributed by atoms with Crippen molar-refractivity contribution < 1.29 is 22.3 Å².